The number of carbonyl (C=O) groups is 1. The van der Waals surface area contributed by atoms with Crippen LogP contribution in [0.2, 0.25) is 0 Å². The van der Waals surface area contributed by atoms with Crippen molar-refractivity contribution in [3.8, 4) is 17.1 Å². The van der Waals surface area contributed by atoms with Gasteiger partial charge in [-0.3, -0.25) is 9.55 Å². The molecule has 0 radical (unpaired) electrons. The van der Waals surface area contributed by atoms with Crippen LogP contribution in [0.4, 0.5) is 0 Å². The lowest BCUT2D eigenvalue weighted by atomic mass is 10.1. The highest BCUT2D eigenvalue weighted by molar-refractivity contribution is 7.98. The van der Waals surface area contributed by atoms with Gasteiger partial charge >= 0.3 is 5.97 Å². The first kappa shape index (κ1) is 18.9. The van der Waals surface area contributed by atoms with Crippen molar-refractivity contribution < 1.29 is 9.90 Å². The molecule has 0 aliphatic heterocycles. The number of aryl methyl sites for hydroxylation is 1. The molecule has 4 rings (SSSR count). The third-order valence-corrected chi connectivity index (χ3v) is 5.38. The maximum Gasteiger partial charge on any atom is 0.335 e. The first-order chi connectivity index (χ1) is 14.1. The highest BCUT2D eigenvalue weighted by Crippen LogP contribution is 2.29. The molecular weight excluding hydrogens is 384 g/mol. The van der Waals surface area contributed by atoms with Crippen LogP contribution in [0.1, 0.15) is 21.5 Å². The van der Waals surface area contributed by atoms with Gasteiger partial charge in [0.1, 0.15) is 0 Å². The molecule has 2 aromatic carbocycles. The molecule has 0 aliphatic carbocycles. The second-order valence-electron chi connectivity index (χ2n) is 6.51. The van der Waals surface area contributed by atoms with Crippen molar-refractivity contribution in [2.24, 2.45) is 0 Å². The van der Waals surface area contributed by atoms with Crippen molar-refractivity contribution in [2.75, 3.05) is 0 Å². The Kier molecular flexibility index (Phi) is 5.39. The van der Waals surface area contributed by atoms with Crippen molar-refractivity contribution in [3.05, 3.63) is 89.7 Å². The molecule has 0 saturated heterocycles. The van der Waals surface area contributed by atoms with E-state index in [9.17, 15) is 4.79 Å². The average molecular weight is 402 g/mol. The maximum absolute atomic E-state index is 11.0. The number of aromatic carboxylic acids is 1. The van der Waals surface area contributed by atoms with Gasteiger partial charge in [-0.05, 0) is 54.4 Å². The summed E-state index contributed by atoms with van der Waals surface area (Å²) in [6.07, 6.45) is 3.50. The summed E-state index contributed by atoms with van der Waals surface area (Å²) >= 11 is 1.55. The maximum atomic E-state index is 11.0. The first-order valence-corrected chi connectivity index (χ1v) is 9.98. The van der Waals surface area contributed by atoms with E-state index in [4.69, 9.17) is 5.11 Å². The van der Waals surface area contributed by atoms with Gasteiger partial charge < -0.3 is 5.11 Å². The zero-order valence-corrected chi connectivity index (χ0v) is 16.5. The quantitative estimate of drug-likeness (QED) is 0.474. The standard InChI is InChI=1S/C22H18N4O2S/c1-15-4-2-6-19(12-15)26-20(18-5-3-11-23-13-18)24-25-22(26)29-14-16-7-9-17(10-8-16)21(27)28/h2-13H,14H2,1H3,(H,27,28). The molecule has 0 fully saturated rings. The predicted molar refractivity (Wildman–Crippen MR) is 112 cm³/mol. The smallest absolute Gasteiger partial charge is 0.335 e. The molecule has 144 valence electrons. The Bertz CT molecular complexity index is 1140. The van der Waals surface area contributed by atoms with Crippen molar-refractivity contribution in [3.63, 3.8) is 0 Å². The number of thioether (sulfide) groups is 1. The Balaban J connectivity index is 1.68. The molecule has 6 nitrogen and oxygen atoms in total. The van der Waals surface area contributed by atoms with E-state index in [2.05, 4.69) is 34.2 Å². The first-order valence-electron chi connectivity index (χ1n) is 9.00. The highest BCUT2D eigenvalue weighted by atomic mass is 32.2. The lowest BCUT2D eigenvalue weighted by molar-refractivity contribution is 0.0697. The molecule has 0 unspecified atom stereocenters. The summed E-state index contributed by atoms with van der Waals surface area (Å²) in [5, 5.41) is 18.6. The summed E-state index contributed by atoms with van der Waals surface area (Å²) in [6, 6.07) is 18.9. The van der Waals surface area contributed by atoms with E-state index in [1.54, 1.807) is 36.3 Å². The van der Waals surface area contributed by atoms with Crippen LogP contribution < -0.4 is 0 Å². The van der Waals surface area contributed by atoms with Gasteiger partial charge in [0.2, 0.25) is 0 Å². The van der Waals surface area contributed by atoms with Gasteiger partial charge in [-0.2, -0.15) is 0 Å². The van der Waals surface area contributed by atoms with Gasteiger partial charge in [-0.25, -0.2) is 4.79 Å². The summed E-state index contributed by atoms with van der Waals surface area (Å²) in [4.78, 5) is 15.2. The Hall–Kier alpha value is -3.45. The molecule has 2 aromatic heterocycles. The summed E-state index contributed by atoms with van der Waals surface area (Å²) in [5.41, 5.74) is 4.31. The van der Waals surface area contributed by atoms with E-state index in [-0.39, 0.29) is 5.56 Å². The summed E-state index contributed by atoms with van der Waals surface area (Å²) in [5.74, 6) is 0.452. The van der Waals surface area contributed by atoms with E-state index in [1.807, 2.05) is 41.0 Å². The van der Waals surface area contributed by atoms with Crippen molar-refractivity contribution in [1.29, 1.82) is 0 Å². The number of benzene rings is 2. The molecular formula is C22H18N4O2S. The molecule has 29 heavy (non-hydrogen) atoms. The van der Waals surface area contributed by atoms with Crippen molar-refractivity contribution >= 4 is 17.7 Å². The monoisotopic (exact) mass is 402 g/mol. The normalized spacial score (nSPS) is 10.8. The minimum Gasteiger partial charge on any atom is -0.478 e. The second-order valence-corrected chi connectivity index (χ2v) is 7.46. The Morgan fingerprint density at radius 3 is 2.59 bits per heavy atom. The third kappa shape index (κ3) is 4.20. The number of hydrogen-bond donors (Lipinski definition) is 1. The lowest BCUT2D eigenvalue weighted by Gasteiger charge is -2.11. The van der Waals surface area contributed by atoms with Crippen LogP contribution in [0.15, 0.2) is 78.2 Å². The van der Waals surface area contributed by atoms with Crippen molar-refractivity contribution in [1.82, 2.24) is 19.7 Å². The molecule has 0 atom stereocenters. The Morgan fingerprint density at radius 1 is 1.07 bits per heavy atom. The zero-order valence-electron chi connectivity index (χ0n) is 15.7. The van der Waals surface area contributed by atoms with Crippen LogP contribution in [0.3, 0.4) is 0 Å². The summed E-state index contributed by atoms with van der Waals surface area (Å²) in [7, 11) is 0. The lowest BCUT2D eigenvalue weighted by Crippen LogP contribution is -2.00. The van der Waals surface area contributed by atoms with Gasteiger partial charge in [-0.15, -0.1) is 10.2 Å². The molecule has 0 amide bonds. The number of aromatic nitrogens is 4. The molecule has 2 heterocycles. The van der Waals surface area contributed by atoms with Crippen LogP contribution in [0.5, 0.6) is 0 Å². The number of rotatable bonds is 6. The minimum absolute atomic E-state index is 0.278. The fraction of sp³-hybridized carbons (Fsp3) is 0.0909. The molecule has 0 bridgehead atoms. The molecule has 1 N–H and O–H groups in total. The SMILES string of the molecule is Cc1cccc(-n2c(SCc3ccc(C(=O)O)cc3)nnc2-c2cccnc2)c1. The average Bonchev–Trinajstić information content (AvgIpc) is 3.17. The van der Waals surface area contributed by atoms with Gasteiger partial charge in [0, 0.05) is 29.4 Å². The highest BCUT2D eigenvalue weighted by Gasteiger charge is 2.16. The number of carboxylic acids is 1. The van der Waals surface area contributed by atoms with Crippen LogP contribution in [-0.2, 0) is 5.75 Å². The van der Waals surface area contributed by atoms with Crippen LogP contribution in [0, 0.1) is 6.92 Å². The zero-order chi connectivity index (χ0) is 20.2. The van der Waals surface area contributed by atoms with E-state index in [1.165, 1.54) is 0 Å². The van der Waals surface area contributed by atoms with Gasteiger partial charge in [0.05, 0.1) is 5.56 Å². The topological polar surface area (TPSA) is 80.9 Å². The van der Waals surface area contributed by atoms with E-state index >= 15 is 0 Å². The molecule has 0 saturated carbocycles. The summed E-state index contributed by atoms with van der Waals surface area (Å²) in [6.45, 7) is 2.05. The van der Waals surface area contributed by atoms with Gasteiger partial charge in [0.15, 0.2) is 11.0 Å². The third-order valence-electron chi connectivity index (χ3n) is 4.38. The van der Waals surface area contributed by atoms with Crippen molar-refractivity contribution in [2.45, 2.75) is 17.8 Å². The Labute approximate surface area is 172 Å². The van der Waals surface area contributed by atoms with Gasteiger partial charge in [0.25, 0.3) is 0 Å². The van der Waals surface area contributed by atoms with E-state index in [0.29, 0.717) is 5.75 Å². The predicted octanol–water partition coefficient (Wildman–Crippen LogP) is 4.63. The Morgan fingerprint density at radius 2 is 1.90 bits per heavy atom. The number of carboxylic acid groups (broad SMARTS) is 1. The number of hydrogen-bond acceptors (Lipinski definition) is 5. The second kappa shape index (κ2) is 8.28. The fourth-order valence-electron chi connectivity index (χ4n) is 2.94. The van der Waals surface area contributed by atoms with E-state index in [0.717, 1.165) is 33.4 Å². The molecule has 0 aliphatic rings. The molecule has 7 heteroatoms. The van der Waals surface area contributed by atoms with Crippen LogP contribution in [-0.4, -0.2) is 30.8 Å². The fourth-order valence-corrected chi connectivity index (χ4v) is 3.84. The molecule has 0 spiro atoms. The number of nitrogens with zero attached hydrogens (tertiary/aromatic N) is 4. The number of pyridine rings is 1. The van der Waals surface area contributed by atoms with Crippen LogP contribution in [0.25, 0.3) is 17.1 Å². The minimum atomic E-state index is -0.926. The summed E-state index contributed by atoms with van der Waals surface area (Å²) < 4.78 is 2.03. The van der Waals surface area contributed by atoms with Crippen LogP contribution >= 0.6 is 11.8 Å². The molecule has 4 aromatic rings. The van der Waals surface area contributed by atoms with Gasteiger partial charge in [-0.1, -0.05) is 36.0 Å². The largest absolute Gasteiger partial charge is 0.478 e. The van der Waals surface area contributed by atoms with E-state index < -0.39 is 5.97 Å².